The molecule has 18 heavy (non-hydrogen) atoms. The van der Waals surface area contributed by atoms with Crippen LogP contribution in [0.5, 0.6) is 0 Å². The highest BCUT2D eigenvalue weighted by atomic mass is 32.1. The highest BCUT2D eigenvalue weighted by molar-refractivity contribution is 7.11. The van der Waals surface area contributed by atoms with Crippen molar-refractivity contribution in [3.05, 3.63) is 10.0 Å². The first-order chi connectivity index (χ1) is 8.88. The predicted octanol–water partition coefficient (Wildman–Crippen LogP) is 1.39. The molecule has 2 rings (SSSR count). The van der Waals surface area contributed by atoms with Gasteiger partial charge in [-0.05, 0) is 25.8 Å². The molecule has 6 heteroatoms. The van der Waals surface area contributed by atoms with Crippen molar-refractivity contribution in [3.8, 4) is 0 Å². The van der Waals surface area contributed by atoms with Gasteiger partial charge in [-0.3, -0.25) is 0 Å². The monoisotopic (exact) mass is 271 g/mol. The normalized spacial score (nSPS) is 15.2. The molecule has 1 aliphatic rings. The van der Waals surface area contributed by atoms with Gasteiger partial charge in [0.25, 0.3) is 0 Å². The quantitative estimate of drug-likeness (QED) is 0.652. The molecule has 1 N–H and O–H groups in total. The first-order valence-corrected chi connectivity index (χ1v) is 7.31. The zero-order valence-electron chi connectivity index (χ0n) is 10.9. The summed E-state index contributed by atoms with van der Waals surface area (Å²) < 4.78 is 10.3. The Morgan fingerprint density at radius 3 is 2.89 bits per heavy atom. The molecule has 0 bridgehead atoms. The third kappa shape index (κ3) is 5.39. The molecule has 1 aromatic heterocycles. The molecule has 1 fully saturated rings. The van der Waals surface area contributed by atoms with Gasteiger partial charge in [0.15, 0.2) is 0 Å². The van der Waals surface area contributed by atoms with E-state index in [1.807, 2.05) is 0 Å². The van der Waals surface area contributed by atoms with Crippen molar-refractivity contribution in [1.82, 2.24) is 15.5 Å². The van der Waals surface area contributed by atoms with Gasteiger partial charge in [-0.2, -0.15) is 0 Å². The average Bonchev–Trinajstić information content (AvgIpc) is 3.10. The van der Waals surface area contributed by atoms with Crippen molar-refractivity contribution < 1.29 is 9.47 Å². The SMILES string of the molecule is COCCOCc1nnc(CCCNC2CC2)s1. The maximum Gasteiger partial charge on any atom is 0.143 e. The van der Waals surface area contributed by atoms with Crippen LogP contribution in [-0.2, 0) is 22.5 Å². The van der Waals surface area contributed by atoms with E-state index in [9.17, 15) is 0 Å². The molecule has 1 aromatic rings. The molecule has 0 radical (unpaired) electrons. The Bertz CT molecular complexity index is 342. The van der Waals surface area contributed by atoms with E-state index in [4.69, 9.17) is 9.47 Å². The molecule has 0 aliphatic heterocycles. The minimum atomic E-state index is 0.543. The molecule has 0 amide bonds. The van der Waals surface area contributed by atoms with Gasteiger partial charge in [0.05, 0.1) is 13.2 Å². The molecular weight excluding hydrogens is 250 g/mol. The van der Waals surface area contributed by atoms with Crippen LogP contribution in [0.4, 0.5) is 0 Å². The van der Waals surface area contributed by atoms with E-state index >= 15 is 0 Å². The van der Waals surface area contributed by atoms with Crippen LogP contribution in [0.1, 0.15) is 29.3 Å². The van der Waals surface area contributed by atoms with Gasteiger partial charge >= 0.3 is 0 Å². The highest BCUT2D eigenvalue weighted by Gasteiger charge is 2.19. The summed E-state index contributed by atoms with van der Waals surface area (Å²) in [6.45, 7) is 2.86. The van der Waals surface area contributed by atoms with E-state index in [1.54, 1.807) is 18.4 Å². The number of rotatable bonds is 10. The zero-order chi connectivity index (χ0) is 12.6. The number of aromatic nitrogens is 2. The summed E-state index contributed by atoms with van der Waals surface area (Å²) in [5.41, 5.74) is 0. The number of ether oxygens (including phenoxy) is 2. The van der Waals surface area contributed by atoms with Crippen molar-refractivity contribution in [2.24, 2.45) is 0 Å². The fourth-order valence-electron chi connectivity index (χ4n) is 1.58. The van der Waals surface area contributed by atoms with Gasteiger partial charge in [0.2, 0.25) is 0 Å². The first kappa shape index (κ1) is 13.9. The van der Waals surface area contributed by atoms with Crippen LogP contribution in [0.15, 0.2) is 0 Å². The summed E-state index contributed by atoms with van der Waals surface area (Å²) in [6.07, 6.45) is 4.84. The van der Waals surface area contributed by atoms with E-state index in [2.05, 4.69) is 15.5 Å². The van der Waals surface area contributed by atoms with E-state index in [0.717, 1.165) is 35.4 Å². The minimum Gasteiger partial charge on any atom is -0.382 e. The maximum atomic E-state index is 5.41. The number of hydrogen-bond donors (Lipinski definition) is 1. The molecule has 102 valence electrons. The third-order valence-corrected chi connectivity index (χ3v) is 3.70. The third-order valence-electron chi connectivity index (χ3n) is 2.74. The second-order valence-electron chi connectivity index (χ2n) is 4.47. The molecule has 0 aromatic carbocycles. The Balaban J connectivity index is 1.56. The summed E-state index contributed by atoms with van der Waals surface area (Å²) in [5.74, 6) is 0. The molecule has 5 nitrogen and oxygen atoms in total. The number of methoxy groups -OCH3 is 1. The number of aryl methyl sites for hydroxylation is 1. The Morgan fingerprint density at radius 2 is 2.11 bits per heavy atom. The Kier molecular flexibility index (Phi) is 5.99. The van der Waals surface area contributed by atoms with Crippen molar-refractivity contribution in [3.63, 3.8) is 0 Å². The van der Waals surface area contributed by atoms with Gasteiger partial charge in [-0.15, -0.1) is 10.2 Å². The van der Waals surface area contributed by atoms with E-state index in [-0.39, 0.29) is 0 Å². The van der Waals surface area contributed by atoms with Gasteiger partial charge in [-0.25, -0.2) is 0 Å². The lowest BCUT2D eigenvalue weighted by atomic mass is 10.3. The maximum absolute atomic E-state index is 5.41. The van der Waals surface area contributed by atoms with Crippen LogP contribution in [0.2, 0.25) is 0 Å². The number of nitrogens with zero attached hydrogens (tertiary/aromatic N) is 2. The van der Waals surface area contributed by atoms with Crippen molar-refractivity contribution in [2.45, 2.75) is 38.3 Å². The predicted molar refractivity (Wildman–Crippen MR) is 70.8 cm³/mol. The van der Waals surface area contributed by atoms with Gasteiger partial charge < -0.3 is 14.8 Å². The molecule has 1 saturated carbocycles. The van der Waals surface area contributed by atoms with Crippen LogP contribution >= 0.6 is 11.3 Å². The summed E-state index contributed by atoms with van der Waals surface area (Å²) in [4.78, 5) is 0. The summed E-state index contributed by atoms with van der Waals surface area (Å²) in [5, 5.41) is 13.9. The summed E-state index contributed by atoms with van der Waals surface area (Å²) >= 11 is 1.65. The van der Waals surface area contributed by atoms with Crippen molar-refractivity contribution in [2.75, 3.05) is 26.9 Å². The lowest BCUT2D eigenvalue weighted by Crippen LogP contribution is -2.17. The second-order valence-corrected chi connectivity index (χ2v) is 5.61. The van der Waals surface area contributed by atoms with Crippen molar-refractivity contribution >= 4 is 11.3 Å². The fraction of sp³-hybridized carbons (Fsp3) is 0.833. The Labute approximate surface area is 112 Å². The summed E-state index contributed by atoms with van der Waals surface area (Å²) in [6, 6.07) is 0.796. The lowest BCUT2D eigenvalue weighted by molar-refractivity contribution is 0.0613. The van der Waals surface area contributed by atoms with Gasteiger partial charge in [-0.1, -0.05) is 11.3 Å². The van der Waals surface area contributed by atoms with Crippen LogP contribution in [-0.4, -0.2) is 43.1 Å². The van der Waals surface area contributed by atoms with Gasteiger partial charge in [0.1, 0.15) is 16.6 Å². The average molecular weight is 271 g/mol. The molecule has 0 saturated heterocycles. The minimum absolute atomic E-state index is 0.543. The highest BCUT2D eigenvalue weighted by Crippen LogP contribution is 2.18. The first-order valence-electron chi connectivity index (χ1n) is 6.50. The second kappa shape index (κ2) is 7.78. The standard InChI is InChI=1S/C12H21N3O2S/c1-16-7-8-17-9-12-15-14-11(18-12)3-2-6-13-10-4-5-10/h10,13H,2-9H2,1H3. The Hall–Kier alpha value is -0.560. The smallest absolute Gasteiger partial charge is 0.143 e. The van der Waals surface area contributed by atoms with E-state index in [1.165, 1.54) is 12.8 Å². The van der Waals surface area contributed by atoms with Crippen molar-refractivity contribution in [1.29, 1.82) is 0 Å². The largest absolute Gasteiger partial charge is 0.382 e. The number of nitrogens with one attached hydrogen (secondary N) is 1. The molecule has 1 aliphatic carbocycles. The fourth-order valence-corrected chi connectivity index (χ4v) is 2.41. The molecule has 0 unspecified atom stereocenters. The van der Waals surface area contributed by atoms with Crippen LogP contribution in [0.25, 0.3) is 0 Å². The van der Waals surface area contributed by atoms with E-state index < -0.39 is 0 Å². The lowest BCUT2D eigenvalue weighted by Gasteiger charge is -2.00. The molecule has 1 heterocycles. The van der Waals surface area contributed by atoms with Gasteiger partial charge in [0, 0.05) is 19.6 Å². The number of hydrogen-bond acceptors (Lipinski definition) is 6. The van der Waals surface area contributed by atoms with E-state index in [0.29, 0.717) is 19.8 Å². The topological polar surface area (TPSA) is 56.3 Å². The molecular formula is C12H21N3O2S. The molecule has 0 atom stereocenters. The zero-order valence-corrected chi connectivity index (χ0v) is 11.7. The van der Waals surface area contributed by atoms with Crippen LogP contribution < -0.4 is 5.32 Å². The van der Waals surface area contributed by atoms with Crippen LogP contribution in [0, 0.1) is 0 Å². The molecule has 0 spiro atoms. The van der Waals surface area contributed by atoms with Crippen LogP contribution in [0.3, 0.4) is 0 Å². The Morgan fingerprint density at radius 1 is 1.28 bits per heavy atom. The summed E-state index contributed by atoms with van der Waals surface area (Å²) in [7, 11) is 1.67.